The van der Waals surface area contributed by atoms with Gasteiger partial charge in [0.25, 0.3) is 0 Å². The number of esters is 1. The third kappa shape index (κ3) is 5.29. The second kappa shape index (κ2) is 10.9. The molecule has 1 saturated heterocycles. The fourth-order valence-electron chi connectivity index (χ4n) is 3.90. The fourth-order valence-corrected chi connectivity index (χ4v) is 5.31. The van der Waals surface area contributed by atoms with Gasteiger partial charge in [0.05, 0.1) is 36.3 Å². The van der Waals surface area contributed by atoms with E-state index in [0.29, 0.717) is 50.2 Å². The molecule has 1 atom stereocenters. The first-order valence-corrected chi connectivity index (χ1v) is 12.8. The summed E-state index contributed by atoms with van der Waals surface area (Å²) in [7, 11) is 0. The molecule has 2 aliphatic rings. The van der Waals surface area contributed by atoms with Crippen LogP contribution in [-0.2, 0) is 20.9 Å². The molecule has 0 radical (unpaired) electrons. The van der Waals surface area contributed by atoms with Crippen molar-refractivity contribution < 1.29 is 23.8 Å². The van der Waals surface area contributed by atoms with Gasteiger partial charge in [0, 0.05) is 15.6 Å². The average Bonchev–Trinajstić information content (AvgIpc) is 3.18. The summed E-state index contributed by atoms with van der Waals surface area (Å²) in [5.74, 6) is 0.633. The molecular formula is C25H24Cl2N2O5S. The maximum atomic E-state index is 12.9. The van der Waals surface area contributed by atoms with Crippen molar-refractivity contribution in [2.24, 2.45) is 4.99 Å². The van der Waals surface area contributed by atoms with Crippen molar-refractivity contribution in [3.05, 3.63) is 68.8 Å². The Morgan fingerprint density at radius 3 is 2.63 bits per heavy atom. The summed E-state index contributed by atoms with van der Waals surface area (Å²) in [5.41, 5.74) is 2.32. The summed E-state index contributed by atoms with van der Waals surface area (Å²) < 4.78 is 17.2. The predicted molar refractivity (Wildman–Crippen MR) is 137 cm³/mol. The van der Waals surface area contributed by atoms with Crippen LogP contribution in [0.5, 0.6) is 11.5 Å². The first-order valence-electron chi connectivity index (χ1n) is 11.1. The van der Waals surface area contributed by atoms with Gasteiger partial charge in [0.1, 0.15) is 6.61 Å². The molecule has 0 bridgehead atoms. The van der Waals surface area contributed by atoms with Crippen LogP contribution in [0.2, 0.25) is 10.0 Å². The quantitative estimate of drug-likeness (QED) is 0.398. The van der Waals surface area contributed by atoms with Crippen LogP contribution in [-0.4, -0.2) is 40.9 Å². The first kappa shape index (κ1) is 25.4. The van der Waals surface area contributed by atoms with Gasteiger partial charge in [0.2, 0.25) is 5.91 Å². The standard InChI is InChI=1S/C25H24Cl2N2O5S/c1-4-32-20-10-15(7-9-19(20)34-12-16-6-8-17(26)11-18(16)27)23-22(24(31)33-5-2)14(3)28-25-29(23)21(30)13-35-25/h6-11,23H,4-5,12-13H2,1-3H3/t23-/m1/s1. The maximum absolute atomic E-state index is 12.9. The number of carbonyl (C=O) groups is 2. The van der Waals surface area contributed by atoms with Crippen molar-refractivity contribution in [1.82, 2.24) is 4.90 Å². The van der Waals surface area contributed by atoms with Crippen LogP contribution in [0.3, 0.4) is 0 Å². The molecule has 4 rings (SSSR count). The Morgan fingerprint density at radius 2 is 1.91 bits per heavy atom. The first-order chi connectivity index (χ1) is 16.8. The van der Waals surface area contributed by atoms with E-state index < -0.39 is 12.0 Å². The topological polar surface area (TPSA) is 77.4 Å². The lowest BCUT2D eigenvalue weighted by molar-refractivity contribution is -0.139. The lowest BCUT2D eigenvalue weighted by atomic mass is 9.94. The molecule has 10 heteroatoms. The third-order valence-electron chi connectivity index (χ3n) is 5.46. The minimum atomic E-state index is -0.678. The molecule has 0 spiro atoms. The molecule has 2 aromatic carbocycles. The number of amidine groups is 1. The monoisotopic (exact) mass is 534 g/mol. The molecule has 1 amide bonds. The number of aliphatic imine (C=N–C) groups is 1. The molecular weight excluding hydrogens is 511 g/mol. The Morgan fingerprint density at radius 1 is 1.11 bits per heavy atom. The van der Waals surface area contributed by atoms with Crippen molar-refractivity contribution in [3.63, 3.8) is 0 Å². The number of nitrogens with zero attached hydrogens (tertiary/aromatic N) is 2. The zero-order valence-corrected chi connectivity index (χ0v) is 21.8. The van der Waals surface area contributed by atoms with Crippen molar-refractivity contribution >= 4 is 52.0 Å². The van der Waals surface area contributed by atoms with E-state index in [1.165, 1.54) is 11.8 Å². The van der Waals surface area contributed by atoms with Gasteiger partial charge in [-0.05, 0) is 50.6 Å². The zero-order valence-electron chi connectivity index (χ0n) is 19.5. The Labute approximate surface area is 218 Å². The number of carbonyl (C=O) groups excluding carboxylic acids is 2. The summed E-state index contributed by atoms with van der Waals surface area (Å²) in [6.07, 6.45) is 0. The molecule has 35 heavy (non-hydrogen) atoms. The molecule has 2 aliphatic heterocycles. The highest BCUT2D eigenvalue weighted by atomic mass is 35.5. The SMILES string of the molecule is CCOC(=O)C1=C(C)N=C2SCC(=O)N2[C@@H]1c1ccc(OCc2ccc(Cl)cc2Cl)c(OCC)c1. The molecule has 1 fully saturated rings. The van der Waals surface area contributed by atoms with Gasteiger partial charge in [-0.15, -0.1) is 0 Å². The largest absolute Gasteiger partial charge is 0.490 e. The van der Waals surface area contributed by atoms with Crippen LogP contribution in [0.15, 0.2) is 52.7 Å². The van der Waals surface area contributed by atoms with E-state index in [2.05, 4.69) is 4.99 Å². The van der Waals surface area contributed by atoms with E-state index in [0.717, 1.165) is 5.56 Å². The van der Waals surface area contributed by atoms with Crippen molar-refractivity contribution in [2.45, 2.75) is 33.4 Å². The number of halogens is 2. The molecule has 2 heterocycles. The molecule has 0 unspecified atom stereocenters. The van der Waals surface area contributed by atoms with Crippen LogP contribution in [0.4, 0.5) is 0 Å². The lowest BCUT2D eigenvalue weighted by Crippen LogP contribution is -2.39. The van der Waals surface area contributed by atoms with Crippen LogP contribution in [0, 0.1) is 0 Å². The number of ether oxygens (including phenoxy) is 3. The zero-order chi connectivity index (χ0) is 25.1. The minimum Gasteiger partial charge on any atom is -0.490 e. The Kier molecular flexibility index (Phi) is 7.94. The average molecular weight is 535 g/mol. The van der Waals surface area contributed by atoms with Crippen LogP contribution in [0.1, 0.15) is 37.9 Å². The normalized spacial score (nSPS) is 17.3. The smallest absolute Gasteiger partial charge is 0.338 e. The molecule has 0 aromatic heterocycles. The van der Waals surface area contributed by atoms with E-state index in [4.69, 9.17) is 37.4 Å². The molecule has 2 aromatic rings. The summed E-state index contributed by atoms with van der Waals surface area (Å²) in [4.78, 5) is 31.8. The molecule has 0 N–H and O–H groups in total. The Hall–Kier alpha value is -2.68. The lowest BCUT2D eigenvalue weighted by Gasteiger charge is -2.33. The number of amides is 1. The number of benzene rings is 2. The summed E-state index contributed by atoms with van der Waals surface area (Å²) >= 11 is 13.6. The van der Waals surface area contributed by atoms with E-state index in [1.807, 2.05) is 13.0 Å². The maximum Gasteiger partial charge on any atom is 0.338 e. The van der Waals surface area contributed by atoms with Crippen molar-refractivity contribution in [3.8, 4) is 11.5 Å². The van der Waals surface area contributed by atoms with Crippen molar-refractivity contribution in [2.75, 3.05) is 19.0 Å². The van der Waals surface area contributed by atoms with Crippen LogP contribution >= 0.6 is 35.0 Å². The van der Waals surface area contributed by atoms with Crippen LogP contribution in [0.25, 0.3) is 0 Å². The van der Waals surface area contributed by atoms with Gasteiger partial charge in [0.15, 0.2) is 16.7 Å². The van der Waals surface area contributed by atoms with E-state index in [1.54, 1.807) is 49.1 Å². The Bertz CT molecular complexity index is 1230. The van der Waals surface area contributed by atoms with Crippen molar-refractivity contribution in [1.29, 1.82) is 0 Å². The number of fused-ring (bicyclic) bond motifs is 1. The highest BCUT2D eigenvalue weighted by Crippen LogP contribution is 2.43. The molecule has 0 aliphatic carbocycles. The van der Waals surface area contributed by atoms with Gasteiger partial charge < -0.3 is 14.2 Å². The van der Waals surface area contributed by atoms with Gasteiger partial charge in [-0.1, -0.05) is 47.1 Å². The molecule has 7 nitrogen and oxygen atoms in total. The Balaban J connectivity index is 1.70. The third-order valence-corrected chi connectivity index (χ3v) is 6.99. The second-order valence-corrected chi connectivity index (χ2v) is 9.52. The summed E-state index contributed by atoms with van der Waals surface area (Å²) in [5, 5.41) is 1.62. The number of hydrogen-bond donors (Lipinski definition) is 0. The number of allylic oxidation sites excluding steroid dienone is 1. The summed E-state index contributed by atoms with van der Waals surface area (Å²) in [6.45, 7) is 6.19. The van der Waals surface area contributed by atoms with Gasteiger partial charge in [-0.2, -0.15) is 0 Å². The number of hydrogen-bond acceptors (Lipinski definition) is 7. The summed E-state index contributed by atoms with van der Waals surface area (Å²) in [6, 6.07) is 9.91. The van der Waals surface area contributed by atoms with E-state index >= 15 is 0 Å². The van der Waals surface area contributed by atoms with E-state index in [9.17, 15) is 9.59 Å². The second-order valence-electron chi connectivity index (χ2n) is 7.73. The van der Waals surface area contributed by atoms with Gasteiger partial charge >= 0.3 is 5.97 Å². The van der Waals surface area contributed by atoms with E-state index in [-0.39, 0.29) is 24.9 Å². The van der Waals surface area contributed by atoms with Gasteiger partial charge in [-0.25, -0.2) is 9.79 Å². The minimum absolute atomic E-state index is 0.122. The van der Waals surface area contributed by atoms with Crippen LogP contribution < -0.4 is 9.47 Å². The van der Waals surface area contributed by atoms with Gasteiger partial charge in [-0.3, -0.25) is 9.69 Å². The molecule has 0 saturated carbocycles. The predicted octanol–water partition coefficient (Wildman–Crippen LogP) is 5.79. The highest BCUT2D eigenvalue weighted by Gasteiger charge is 2.43. The molecule has 184 valence electrons. The highest BCUT2D eigenvalue weighted by molar-refractivity contribution is 8.15. The number of thioether (sulfide) groups is 1. The number of rotatable bonds is 8. The fraction of sp³-hybridized carbons (Fsp3) is 0.320.